The molecule has 0 fully saturated rings. The minimum absolute atomic E-state index is 0.259. The minimum atomic E-state index is -4.36. The van der Waals surface area contributed by atoms with E-state index in [-0.39, 0.29) is 11.6 Å². The highest BCUT2D eigenvalue weighted by Gasteiger charge is 2.35. The van der Waals surface area contributed by atoms with Gasteiger partial charge in [-0.15, -0.1) is 12.3 Å². The first-order chi connectivity index (χ1) is 8.90. The molecule has 1 aromatic carbocycles. The summed E-state index contributed by atoms with van der Waals surface area (Å²) in [5.74, 6) is 2.50. The maximum Gasteiger partial charge on any atom is 0.416 e. The average Bonchev–Trinajstić information content (AvgIpc) is 2.34. The summed E-state index contributed by atoms with van der Waals surface area (Å²) in [6.07, 6.45) is 2.63. The van der Waals surface area contributed by atoms with E-state index in [9.17, 15) is 13.2 Å². The maximum atomic E-state index is 13.0. The maximum absolute atomic E-state index is 13.0. The van der Waals surface area contributed by atoms with Gasteiger partial charge in [0.25, 0.3) is 0 Å². The van der Waals surface area contributed by atoms with Crippen LogP contribution in [0.1, 0.15) is 36.4 Å². The normalized spacial score (nSPS) is 13.1. The number of unbranched alkanes of at least 4 members (excludes halogenated alkanes) is 1. The highest BCUT2D eigenvalue weighted by molar-refractivity contribution is 9.10. The van der Waals surface area contributed by atoms with E-state index in [1.807, 2.05) is 0 Å². The molecular weight excluding hydrogens is 319 g/mol. The number of terminal acetylenes is 1. The molecule has 104 valence electrons. The van der Waals surface area contributed by atoms with Crippen molar-refractivity contribution in [1.82, 2.24) is 5.32 Å². The molecule has 1 unspecified atom stereocenters. The number of hydrogen-bond acceptors (Lipinski definition) is 1. The number of alkyl halides is 3. The van der Waals surface area contributed by atoms with Crippen molar-refractivity contribution in [3.8, 4) is 12.3 Å². The molecule has 0 amide bonds. The lowest BCUT2D eigenvalue weighted by Gasteiger charge is -2.21. The van der Waals surface area contributed by atoms with Crippen LogP contribution in [-0.2, 0) is 6.18 Å². The van der Waals surface area contributed by atoms with E-state index in [0.717, 1.165) is 6.07 Å². The first-order valence-corrected chi connectivity index (χ1v) is 6.66. The number of halogens is 4. The largest absolute Gasteiger partial charge is 0.416 e. The molecule has 1 N–H and O–H groups in total. The predicted octanol–water partition coefficient (Wildman–Crippen LogP) is 4.53. The third-order valence-corrected chi connectivity index (χ3v) is 3.35. The van der Waals surface area contributed by atoms with Gasteiger partial charge in [-0.25, -0.2) is 0 Å². The minimum Gasteiger partial charge on any atom is -0.313 e. The van der Waals surface area contributed by atoms with Crippen LogP contribution in [0.25, 0.3) is 0 Å². The van der Waals surface area contributed by atoms with Crippen molar-refractivity contribution in [2.75, 3.05) is 7.05 Å². The first kappa shape index (κ1) is 16.1. The average molecular weight is 334 g/mol. The standard InChI is InChI=1S/C14H15BrF3N/c1-3-4-5-6-13(19-2)11-8-7-10(15)9-12(11)14(16,17)18/h1,7-9,13,19H,4-6H2,2H3. The fraction of sp³-hybridized carbons (Fsp3) is 0.429. The summed E-state index contributed by atoms with van der Waals surface area (Å²) < 4.78 is 39.5. The van der Waals surface area contributed by atoms with E-state index in [4.69, 9.17) is 6.42 Å². The Morgan fingerprint density at radius 2 is 2.11 bits per heavy atom. The summed E-state index contributed by atoms with van der Waals surface area (Å²) in [4.78, 5) is 0. The molecule has 0 aliphatic carbocycles. The van der Waals surface area contributed by atoms with Crippen LogP contribution in [0.2, 0.25) is 0 Å². The SMILES string of the molecule is C#CCCCC(NC)c1ccc(Br)cc1C(F)(F)F. The Bertz CT molecular complexity index is 463. The smallest absolute Gasteiger partial charge is 0.313 e. The number of benzene rings is 1. The molecule has 0 aliphatic heterocycles. The topological polar surface area (TPSA) is 12.0 Å². The zero-order valence-electron chi connectivity index (χ0n) is 10.5. The van der Waals surface area contributed by atoms with Crippen LogP contribution in [0.4, 0.5) is 13.2 Å². The van der Waals surface area contributed by atoms with Gasteiger partial charge in [0.2, 0.25) is 0 Å². The van der Waals surface area contributed by atoms with Crippen molar-refractivity contribution in [3.05, 3.63) is 33.8 Å². The van der Waals surface area contributed by atoms with Crippen LogP contribution in [0.5, 0.6) is 0 Å². The third-order valence-electron chi connectivity index (χ3n) is 2.86. The van der Waals surface area contributed by atoms with Crippen LogP contribution < -0.4 is 5.32 Å². The second-order valence-corrected chi connectivity index (χ2v) is 5.08. The van der Waals surface area contributed by atoms with Crippen LogP contribution in [0, 0.1) is 12.3 Å². The molecule has 1 rings (SSSR count). The highest BCUT2D eigenvalue weighted by Crippen LogP contribution is 2.37. The monoisotopic (exact) mass is 333 g/mol. The van der Waals surface area contributed by atoms with Gasteiger partial charge in [-0.2, -0.15) is 13.2 Å². The molecule has 0 bridgehead atoms. The van der Waals surface area contributed by atoms with Gasteiger partial charge in [-0.05, 0) is 37.6 Å². The summed E-state index contributed by atoms with van der Waals surface area (Å²) in [7, 11) is 1.66. The van der Waals surface area contributed by atoms with Gasteiger partial charge in [0.1, 0.15) is 0 Å². The van der Waals surface area contributed by atoms with E-state index in [2.05, 4.69) is 27.2 Å². The fourth-order valence-corrected chi connectivity index (χ4v) is 2.30. The number of hydrogen-bond donors (Lipinski definition) is 1. The Kier molecular flexibility index (Phi) is 5.89. The molecule has 19 heavy (non-hydrogen) atoms. The Hall–Kier alpha value is -0.990. The van der Waals surface area contributed by atoms with Crippen LogP contribution >= 0.6 is 15.9 Å². The van der Waals surface area contributed by atoms with Crippen LogP contribution in [0.15, 0.2) is 22.7 Å². The van der Waals surface area contributed by atoms with E-state index in [1.54, 1.807) is 13.1 Å². The van der Waals surface area contributed by atoms with E-state index >= 15 is 0 Å². The zero-order chi connectivity index (χ0) is 14.5. The van der Waals surface area contributed by atoms with Gasteiger partial charge in [-0.3, -0.25) is 0 Å². The quantitative estimate of drug-likeness (QED) is 0.616. The van der Waals surface area contributed by atoms with Gasteiger partial charge in [0, 0.05) is 16.9 Å². The molecule has 0 aromatic heterocycles. The summed E-state index contributed by atoms with van der Waals surface area (Å²) >= 11 is 3.08. The van der Waals surface area contributed by atoms with Gasteiger partial charge >= 0.3 is 6.18 Å². The lowest BCUT2D eigenvalue weighted by atomic mass is 9.96. The summed E-state index contributed by atoms with van der Waals surface area (Å²) in [5, 5.41) is 2.93. The molecular formula is C14H15BrF3N. The van der Waals surface area contributed by atoms with Crippen molar-refractivity contribution in [2.24, 2.45) is 0 Å². The second-order valence-electron chi connectivity index (χ2n) is 4.17. The van der Waals surface area contributed by atoms with Gasteiger partial charge in [-0.1, -0.05) is 22.0 Å². The molecule has 1 aromatic rings. The zero-order valence-corrected chi connectivity index (χ0v) is 12.1. The Morgan fingerprint density at radius 3 is 2.63 bits per heavy atom. The van der Waals surface area contributed by atoms with E-state index < -0.39 is 11.7 Å². The molecule has 0 saturated carbocycles. The van der Waals surface area contributed by atoms with Crippen molar-refractivity contribution in [3.63, 3.8) is 0 Å². The predicted molar refractivity (Wildman–Crippen MR) is 73.6 cm³/mol. The van der Waals surface area contributed by atoms with Gasteiger partial charge in [0.05, 0.1) is 5.56 Å². The molecule has 5 heteroatoms. The molecule has 1 atom stereocenters. The molecule has 0 radical (unpaired) electrons. The lowest BCUT2D eigenvalue weighted by Crippen LogP contribution is -2.21. The molecule has 0 saturated heterocycles. The summed E-state index contributed by atoms with van der Waals surface area (Å²) in [6, 6.07) is 3.89. The highest BCUT2D eigenvalue weighted by atomic mass is 79.9. The van der Waals surface area contributed by atoms with Crippen molar-refractivity contribution in [2.45, 2.75) is 31.5 Å². The van der Waals surface area contributed by atoms with Gasteiger partial charge < -0.3 is 5.32 Å². The van der Waals surface area contributed by atoms with Crippen molar-refractivity contribution in [1.29, 1.82) is 0 Å². The Morgan fingerprint density at radius 1 is 1.42 bits per heavy atom. The number of rotatable bonds is 5. The molecule has 0 spiro atoms. The number of nitrogens with one attached hydrogen (secondary N) is 1. The van der Waals surface area contributed by atoms with Gasteiger partial charge in [0.15, 0.2) is 0 Å². The van der Waals surface area contributed by atoms with Crippen molar-refractivity contribution < 1.29 is 13.2 Å². The van der Waals surface area contributed by atoms with E-state index in [0.29, 0.717) is 23.7 Å². The van der Waals surface area contributed by atoms with Crippen molar-refractivity contribution >= 4 is 15.9 Å². The Labute approximate surface area is 119 Å². The summed E-state index contributed by atoms with van der Waals surface area (Å²) in [6.45, 7) is 0. The molecule has 0 aliphatic rings. The molecule has 1 nitrogen and oxygen atoms in total. The summed E-state index contributed by atoms with van der Waals surface area (Å²) in [5.41, 5.74) is -0.350. The van der Waals surface area contributed by atoms with Crippen LogP contribution in [-0.4, -0.2) is 7.05 Å². The fourth-order valence-electron chi connectivity index (χ4n) is 1.94. The first-order valence-electron chi connectivity index (χ1n) is 5.87. The second kappa shape index (κ2) is 6.97. The Balaban J connectivity index is 3.06. The molecule has 0 heterocycles. The third kappa shape index (κ3) is 4.55. The van der Waals surface area contributed by atoms with E-state index in [1.165, 1.54) is 6.07 Å². The van der Waals surface area contributed by atoms with Crippen LogP contribution in [0.3, 0.4) is 0 Å². The lowest BCUT2D eigenvalue weighted by molar-refractivity contribution is -0.138.